The summed E-state index contributed by atoms with van der Waals surface area (Å²) >= 11 is 0. The zero-order valence-corrected chi connectivity index (χ0v) is 12.6. The smallest absolute Gasteiger partial charge is 0.322 e. The van der Waals surface area contributed by atoms with Gasteiger partial charge in [0.05, 0.1) is 22.2 Å². The number of sulfone groups is 1. The van der Waals surface area contributed by atoms with Gasteiger partial charge in [0.1, 0.15) is 5.75 Å². The van der Waals surface area contributed by atoms with Crippen molar-refractivity contribution in [3.63, 3.8) is 0 Å². The van der Waals surface area contributed by atoms with Crippen molar-refractivity contribution in [1.29, 1.82) is 0 Å². The number of benzene rings is 2. The number of halogens is 1. The van der Waals surface area contributed by atoms with Gasteiger partial charge >= 0.3 is 6.01 Å². The molecule has 0 aliphatic carbocycles. The Hall–Kier alpha value is -2.80. The van der Waals surface area contributed by atoms with Crippen molar-refractivity contribution in [3.05, 3.63) is 72.8 Å². The van der Waals surface area contributed by atoms with E-state index in [4.69, 9.17) is 4.74 Å². The van der Waals surface area contributed by atoms with E-state index < -0.39 is 15.7 Å². The summed E-state index contributed by atoms with van der Waals surface area (Å²) in [5, 5.41) is 0. The molecule has 1 heterocycles. The largest absolute Gasteiger partial charge is 0.424 e. The van der Waals surface area contributed by atoms with Crippen LogP contribution in [-0.2, 0) is 9.84 Å². The van der Waals surface area contributed by atoms with Gasteiger partial charge < -0.3 is 4.74 Å². The monoisotopic (exact) mass is 330 g/mol. The van der Waals surface area contributed by atoms with Crippen LogP contribution >= 0.6 is 0 Å². The Morgan fingerprint density at radius 1 is 0.826 bits per heavy atom. The first kappa shape index (κ1) is 15.1. The van der Waals surface area contributed by atoms with Gasteiger partial charge in [-0.15, -0.1) is 0 Å². The number of ether oxygens (including phenoxy) is 1. The molecule has 3 rings (SSSR count). The summed E-state index contributed by atoms with van der Waals surface area (Å²) < 4.78 is 42.9. The third kappa shape index (κ3) is 3.35. The van der Waals surface area contributed by atoms with Gasteiger partial charge in [-0.2, -0.15) is 0 Å². The van der Waals surface area contributed by atoms with Crippen molar-refractivity contribution >= 4 is 9.84 Å². The molecule has 0 amide bonds. The first-order valence-corrected chi connectivity index (χ1v) is 8.09. The molecule has 0 bridgehead atoms. The van der Waals surface area contributed by atoms with Crippen molar-refractivity contribution < 1.29 is 17.5 Å². The maximum atomic E-state index is 12.7. The second kappa shape index (κ2) is 6.13. The van der Waals surface area contributed by atoms with E-state index in [0.717, 1.165) is 12.4 Å². The Bertz CT molecular complexity index is 896. The number of nitrogens with zero attached hydrogens (tertiary/aromatic N) is 2. The van der Waals surface area contributed by atoms with E-state index in [1.54, 1.807) is 18.2 Å². The quantitative estimate of drug-likeness (QED) is 0.734. The van der Waals surface area contributed by atoms with Gasteiger partial charge in [-0.3, -0.25) is 0 Å². The van der Waals surface area contributed by atoms with Crippen LogP contribution in [0.15, 0.2) is 76.8 Å². The Morgan fingerprint density at radius 3 is 2.00 bits per heavy atom. The molecule has 0 aliphatic rings. The predicted octanol–water partition coefficient (Wildman–Crippen LogP) is 3.24. The van der Waals surface area contributed by atoms with Crippen LogP contribution in [0.1, 0.15) is 0 Å². The van der Waals surface area contributed by atoms with E-state index in [1.165, 1.54) is 36.4 Å². The normalized spacial score (nSPS) is 11.2. The fraction of sp³-hybridized carbons (Fsp3) is 0. The summed E-state index contributed by atoms with van der Waals surface area (Å²) in [6.07, 6.45) is 1.97. The molecule has 0 fully saturated rings. The van der Waals surface area contributed by atoms with Gasteiger partial charge in [-0.1, -0.05) is 18.2 Å². The molecule has 0 spiro atoms. The average Bonchev–Trinajstić information content (AvgIpc) is 2.58. The minimum Gasteiger partial charge on any atom is -0.424 e. The number of aromatic nitrogens is 2. The maximum Gasteiger partial charge on any atom is 0.322 e. The summed E-state index contributed by atoms with van der Waals surface area (Å²) in [5.74, 6) is -0.217. The molecule has 0 unspecified atom stereocenters. The van der Waals surface area contributed by atoms with Crippen LogP contribution in [0.4, 0.5) is 4.39 Å². The highest BCUT2D eigenvalue weighted by atomic mass is 32.2. The molecule has 0 saturated carbocycles. The van der Waals surface area contributed by atoms with Gasteiger partial charge in [0, 0.05) is 0 Å². The molecule has 0 N–H and O–H groups in total. The predicted molar refractivity (Wildman–Crippen MR) is 80.4 cm³/mol. The van der Waals surface area contributed by atoms with E-state index in [1.807, 2.05) is 0 Å². The van der Waals surface area contributed by atoms with Crippen LogP contribution in [0.2, 0.25) is 0 Å². The minimum absolute atomic E-state index is 0.0231. The van der Waals surface area contributed by atoms with Crippen molar-refractivity contribution in [2.24, 2.45) is 0 Å². The van der Waals surface area contributed by atoms with Crippen LogP contribution in [0.3, 0.4) is 0 Å². The average molecular weight is 330 g/mol. The van der Waals surface area contributed by atoms with Gasteiger partial charge in [-0.05, 0) is 36.4 Å². The van der Waals surface area contributed by atoms with Gasteiger partial charge in [0.25, 0.3) is 0 Å². The molecule has 2 aromatic carbocycles. The fourth-order valence-electron chi connectivity index (χ4n) is 1.88. The summed E-state index contributed by atoms with van der Waals surface area (Å²) in [4.78, 5) is 7.70. The first-order chi connectivity index (χ1) is 11.1. The summed E-state index contributed by atoms with van der Waals surface area (Å²) in [7, 11) is -3.57. The lowest BCUT2D eigenvalue weighted by atomic mass is 10.3. The molecule has 7 heteroatoms. The molecule has 1 aromatic heterocycles. The molecule has 116 valence electrons. The topological polar surface area (TPSA) is 69.2 Å². The zero-order valence-electron chi connectivity index (χ0n) is 11.8. The second-order valence-electron chi connectivity index (χ2n) is 4.57. The minimum atomic E-state index is -3.57. The lowest BCUT2D eigenvalue weighted by molar-refractivity contribution is 0.436. The summed E-state index contributed by atoms with van der Waals surface area (Å²) in [6.45, 7) is 0. The van der Waals surface area contributed by atoms with E-state index in [9.17, 15) is 12.8 Å². The third-order valence-electron chi connectivity index (χ3n) is 2.99. The highest BCUT2D eigenvalue weighted by Gasteiger charge is 2.17. The molecule has 5 nitrogen and oxygen atoms in total. The van der Waals surface area contributed by atoms with E-state index >= 15 is 0 Å². The Kier molecular flexibility index (Phi) is 4.03. The van der Waals surface area contributed by atoms with Crippen molar-refractivity contribution in [2.45, 2.75) is 9.79 Å². The van der Waals surface area contributed by atoms with Gasteiger partial charge in [0.15, 0.2) is 5.82 Å². The lowest BCUT2D eigenvalue weighted by Crippen LogP contribution is -2.01. The second-order valence-corrected chi connectivity index (χ2v) is 6.52. The van der Waals surface area contributed by atoms with E-state index in [-0.39, 0.29) is 15.8 Å². The Balaban J connectivity index is 1.83. The molecule has 0 atom stereocenters. The van der Waals surface area contributed by atoms with E-state index in [0.29, 0.717) is 5.75 Å². The Labute approximate surface area is 132 Å². The van der Waals surface area contributed by atoms with Crippen LogP contribution in [0, 0.1) is 5.82 Å². The van der Waals surface area contributed by atoms with Crippen LogP contribution in [-0.4, -0.2) is 18.4 Å². The number of hydrogen-bond acceptors (Lipinski definition) is 5. The zero-order chi connectivity index (χ0) is 16.3. The molecular weight excluding hydrogens is 319 g/mol. The highest BCUT2D eigenvalue weighted by Crippen LogP contribution is 2.24. The van der Waals surface area contributed by atoms with Crippen LogP contribution in [0.5, 0.6) is 11.8 Å². The van der Waals surface area contributed by atoms with E-state index in [2.05, 4.69) is 9.97 Å². The fourth-order valence-corrected chi connectivity index (χ4v) is 3.16. The SMILES string of the molecule is O=S(=O)(c1ccccc1)c1ccc(Oc2ncc(F)cn2)cc1. The van der Waals surface area contributed by atoms with Crippen molar-refractivity contribution in [3.8, 4) is 11.8 Å². The highest BCUT2D eigenvalue weighted by molar-refractivity contribution is 7.91. The number of hydrogen-bond donors (Lipinski definition) is 0. The molecule has 23 heavy (non-hydrogen) atoms. The van der Waals surface area contributed by atoms with Gasteiger partial charge in [0.2, 0.25) is 9.84 Å². The lowest BCUT2D eigenvalue weighted by Gasteiger charge is -2.06. The summed E-state index contributed by atoms with van der Waals surface area (Å²) in [5.41, 5.74) is 0. The van der Waals surface area contributed by atoms with Crippen molar-refractivity contribution in [1.82, 2.24) is 9.97 Å². The molecule has 0 radical (unpaired) electrons. The standard InChI is InChI=1S/C16H11FN2O3S/c17-12-10-18-16(19-11-12)22-13-6-8-15(9-7-13)23(20,21)14-4-2-1-3-5-14/h1-11H. The Morgan fingerprint density at radius 2 is 1.39 bits per heavy atom. The maximum absolute atomic E-state index is 12.7. The molecular formula is C16H11FN2O3S. The van der Waals surface area contributed by atoms with Gasteiger partial charge in [-0.25, -0.2) is 22.8 Å². The summed E-state index contributed by atoms with van der Waals surface area (Å²) in [6, 6.07) is 14.0. The van der Waals surface area contributed by atoms with Crippen molar-refractivity contribution in [2.75, 3.05) is 0 Å². The first-order valence-electron chi connectivity index (χ1n) is 6.61. The molecule has 0 aliphatic heterocycles. The third-order valence-corrected chi connectivity index (χ3v) is 4.78. The molecule has 3 aromatic rings. The number of rotatable bonds is 4. The van der Waals surface area contributed by atoms with Crippen LogP contribution < -0.4 is 4.74 Å². The van der Waals surface area contributed by atoms with Crippen LogP contribution in [0.25, 0.3) is 0 Å². The molecule has 0 saturated heterocycles.